The van der Waals surface area contributed by atoms with E-state index in [1.807, 2.05) is 18.2 Å². The smallest absolute Gasteiger partial charge is 0.128 e. The third kappa shape index (κ3) is 2.85. The van der Waals surface area contributed by atoms with Crippen molar-refractivity contribution in [2.24, 2.45) is 0 Å². The summed E-state index contributed by atoms with van der Waals surface area (Å²) < 4.78 is 12.7. The van der Waals surface area contributed by atoms with Crippen LogP contribution in [-0.4, -0.2) is 13.2 Å². The minimum atomic E-state index is 0.301. The lowest BCUT2D eigenvalue weighted by Crippen LogP contribution is -2.21. The molecule has 5 heteroatoms. The molecule has 1 aromatic heterocycles. The monoisotopic (exact) mass is 353 g/mol. The van der Waals surface area contributed by atoms with Gasteiger partial charge in [0.15, 0.2) is 0 Å². The van der Waals surface area contributed by atoms with Crippen molar-refractivity contribution in [3.63, 3.8) is 0 Å². The van der Waals surface area contributed by atoms with Crippen LogP contribution in [0.15, 0.2) is 34.1 Å². The highest BCUT2D eigenvalue weighted by Crippen LogP contribution is 2.35. The Labute approximate surface area is 131 Å². The van der Waals surface area contributed by atoms with E-state index in [9.17, 15) is 0 Å². The van der Waals surface area contributed by atoms with Gasteiger partial charge in [0.2, 0.25) is 0 Å². The minimum absolute atomic E-state index is 0.301. The molecule has 106 valence electrons. The Hall–Kier alpha value is -1.04. The highest BCUT2D eigenvalue weighted by molar-refractivity contribution is 9.10. The molecule has 0 saturated heterocycles. The Morgan fingerprint density at radius 2 is 2.35 bits per heavy atom. The van der Waals surface area contributed by atoms with Crippen LogP contribution in [0.1, 0.15) is 23.4 Å². The number of hydrogen-bond acceptors (Lipinski definition) is 4. The molecule has 1 aliphatic rings. The van der Waals surface area contributed by atoms with Crippen molar-refractivity contribution < 1.29 is 9.47 Å². The zero-order chi connectivity index (χ0) is 13.9. The van der Waals surface area contributed by atoms with E-state index in [1.165, 1.54) is 10.4 Å². The highest BCUT2D eigenvalue weighted by Gasteiger charge is 2.23. The zero-order valence-corrected chi connectivity index (χ0v) is 13.6. The van der Waals surface area contributed by atoms with Crippen LogP contribution in [0.3, 0.4) is 0 Å². The van der Waals surface area contributed by atoms with Crippen molar-refractivity contribution in [2.75, 3.05) is 13.2 Å². The molecule has 1 aromatic carbocycles. The topological polar surface area (TPSA) is 30.5 Å². The Morgan fingerprint density at radius 3 is 3.10 bits per heavy atom. The summed E-state index contributed by atoms with van der Waals surface area (Å²) >= 11 is 5.20. The van der Waals surface area contributed by atoms with Gasteiger partial charge in [-0.25, -0.2) is 0 Å². The van der Waals surface area contributed by atoms with Crippen LogP contribution in [0, 0.1) is 0 Å². The molecule has 1 aliphatic heterocycles. The Kier molecular flexibility index (Phi) is 4.29. The van der Waals surface area contributed by atoms with Crippen molar-refractivity contribution in [1.29, 1.82) is 0 Å². The van der Waals surface area contributed by atoms with Crippen molar-refractivity contribution in [3.8, 4) is 11.5 Å². The molecule has 20 heavy (non-hydrogen) atoms. The van der Waals surface area contributed by atoms with Crippen LogP contribution >= 0.6 is 27.3 Å². The van der Waals surface area contributed by atoms with Gasteiger partial charge in [-0.3, -0.25) is 0 Å². The number of halogens is 1. The predicted octanol–water partition coefficient (Wildman–Crippen LogP) is 4.13. The van der Waals surface area contributed by atoms with Crippen LogP contribution in [0.4, 0.5) is 0 Å². The first kappa shape index (κ1) is 13.9. The van der Waals surface area contributed by atoms with Gasteiger partial charge in [-0.2, -0.15) is 0 Å². The Morgan fingerprint density at radius 1 is 1.45 bits per heavy atom. The van der Waals surface area contributed by atoms with Crippen molar-refractivity contribution in [2.45, 2.75) is 19.6 Å². The van der Waals surface area contributed by atoms with E-state index >= 15 is 0 Å². The van der Waals surface area contributed by atoms with Crippen LogP contribution in [-0.2, 0) is 6.61 Å². The molecule has 1 atom stereocenters. The lowest BCUT2D eigenvalue weighted by Gasteiger charge is -2.10. The first-order valence-corrected chi connectivity index (χ1v) is 8.30. The lowest BCUT2D eigenvalue weighted by molar-refractivity contribution is 0.299. The van der Waals surface area contributed by atoms with E-state index in [4.69, 9.17) is 9.47 Å². The van der Waals surface area contributed by atoms with E-state index in [1.54, 1.807) is 11.3 Å². The van der Waals surface area contributed by atoms with Gasteiger partial charge in [0, 0.05) is 16.1 Å². The van der Waals surface area contributed by atoms with E-state index in [2.05, 4.69) is 39.6 Å². The van der Waals surface area contributed by atoms with Crippen molar-refractivity contribution >= 4 is 27.3 Å². The van der Waals surface area contributed by atoms with E-state index < -0.39 is 0 Å². The van der Waals surface area contributed by atoms with E-state index in [-0.39, 0.29) is 0 Å². The average molecular weight is 354 g/mol. The molecule has 1 N–H and O–H groups in total. The van der Waals surface area contributed by atoms with Gasteiger partial charge < -0.3 is 14.8 Å². The van der Waals surface area contributed by atoms with Gasteiger partial charge in [0.25, 0.3) is 0 Å². The predicted molar refractivity (Wildman–Crippen MR) is 84.7 cm³/mol. The zero-order valence-electron chi connectivity index (χ0n) is 11.2. The van der Waals surface area contributed by atoms with Gasteiger partial charge in [0.05, 0.1) is 10.9 Å². The van der Waals surface area contributed by atoms with E-state index in [0.29, 0.717) is 19.3 Å². The Balaban J connectivity index is 1.69. The van der Waals surface area contributed by atoms with Crippen molar-refractivity contribution in [3.05, 3.63) is 44.6 Å². The molecule has 1 unspecified atom stereocenters. The first-order valence-electron chi connectivity index (χ1n) is 6.62. The number of thiophene rings is 1. The largest absolute Gasteiger partial charge is 0.491 e. The number of hydrogen-bond donors (Lipinski definition) is 1. The third-order valence-electron chi connectivity index (χ3n) is 3.28. The fraction of sp³-hybridized carbons (Fsp3) is 0.333. The summed E-state index contributed by atoms with van der Waals surface area (Å²) in [6.07, 6.45) is 0. The molecular formula is C15H16BrNO2S. The summed E-state index contributed by atoms with van der Waals surface area (Å²) in [4.78, 5) is 1.19. The quantitative estimate of drug-likeness (QED) is 0.876. The summed E-state index contributed by atoms with van der Waals surface area (Å²) in [7, 11) is 0. The number of likely N-dealkylation sites (N-methyl/N-ethyl adjacent to an activating group) is 1. The van der Waals surface area contributed by atoms with Gasteiger partial charge in [-0.15, -0.1) is 11.3 Å². The molecule has 0 amide bonds. The number of ether oxygens (including phenoxy) is 2. The van der Waals surface area contributed by atoms with Gasteiger partial charge >= 0.3 is 0 Å². The highest BCUT2D eigenvalue weighted by atomic mass is 79.9. The SMILES string of the molecule is CCNC1COc2cc(OCc3sccc3Br)ccc21. The third-order valence-corrected chi connectivity index (χ3v) is 5.18. The van der Waals surface area contributed by atoms with Gasteiger partial charge in [-0.1, -0.05) is 6.92 Å². The normalized spacial score (nSPS) is 16.8. The molecular weight excluding hydrogens is 338 g/mol. The maximum atomic E-state index is 5.83. The molecule has 0 radical (unpaired) electrons. The molecule has 0 fully saturated rings. The first-order chi connectivity index (χ1) is 9.78. The number of fused-ring (bicyclic) bond motifs is 1. The van der Waals surface area contributed by atoms with Crippen LogP contribution in [0.5, 0.6) is 11.5 Å². The maximum Gasteiger partial charge on any atom is 0.128 e. The standard InChI is InChI=1S/C15H16BrNO2S/c1-2-17-13-8-19-14-7-10(3-4-11(13)14)18-9-15-12(16)5-6-20-15/h3-7,13,17H,2,8-9H2,1H3. The number of benzene rings is 1. The lowest BCUT2D eigenvalue weighted by atomic mass is 10.1. The van der Waals surface area contributed by atoms with Gasteiger partial charge in [0.1, 0.15) is 24.7 Å². The molecule has 2 aromatic rings. The number of rotatable bonds is 5. The summed E-state index contributed by atoms with van der Waals surface area (Å²) in [6, 6.07) is 8.42. The summed E-state index contributed by atoms with van der Waals surface area (Å²) in [5.74, 6) is 1.78. The fourth-order valence-electron chi connectivity index (χ4n) is 2.27. The van der Waals surface area contributed by atoms with Crippen molar-refractivity contribution in [1.82, 2.24) is 5.32 Å². The molecule has 0 spiro atoms. The van der Waals surface area contributed by atoms with Crippen LogP contribution < -0.4 is 14.8 Å². The maximum absolute atomic E-state index is 5.83. The second-order valence-electron chi connectivity index (χ2n) is 4.60. The Bertz CT molecular complexity index is 599. The second-order valence-corrected chi connectivity index (χ2v) is 6.46. The molecule has 0 bridgehead atoms. The molecule has 3 rings (SSSR count). The minimum Gasteiger partial charge on any atom is -0.491 e. The molecule has 3 nitrogen and oxygen atoms in total. The second kappa shape index (κ2) is 6.16. The summed E-state index contributed by atoms with van der Waals surface area (Å²) in [5, 5.41) is 5.46. The summed E-state index contributed by atoms with van der Waals surface area (Å²) in [5.41, 5.74) is 1.22. The van der Waals surface area contributed by atoms with E-state index in [0.717, 1.165) is 22.5 Å². The van der Waals surface area contributed by atoms with Crippen LogP contribution in [0.2, 0.25) is 0 Å². The summed E-state index contributed by atoms with van der Waals surface area (Å²) in [6.45, 7) is 4.32. The molecule has 0 saturated carbocycles. The molecule has 2 heterocycles. The average Bonchev–Trinajstić information content (AvgIpc) is 3.04. The number of nitrogens with one attached hydrogen (secondary N) is 1. The van der Waals surface area contributed by atoms with Crippen LogP contribution in [0.25, 0.3) is 0 Å². The van der Waals surface area contributed by atoms with Gasteiger partial charge in [-0.05, 0) is 46.1 Å². The fourth-order valence-corrected chi connectivity index (χ4v) is 3.65. The molecule has 0 aliphatic carbocycles.